The Labute approximate surface area is 175 Å². The number of anilines is 1. The Kier molecular flexibility index (Phi) is 5.09. The molecule has 0 N–H and O–H groups in total. The SMILES string of the molecule is CCN(CC)c1cc2c(c3ccccc13)C=CC(C)(c1ccc(C(=O)OC)s1)O2. The first-order valence-corrected chi connectivity index (χ1v) is 10.7. The molecule has 0 aliphatic carbocycles. The number of hydrogen-bond acceptors (Lipinski definition) is 5. The third-order valence-electron chi connectivity index (χ3n) is 5.50. The van der Waals surface area contributed by atoms with Crippen LogP contribution in [0.15, 0.2) is 48.5 Å². The van der Waals surface area contributed by atoms with E-state index in [1.54, 1.807) is 6.07 Å². The molecule has 0 saturated heterocycles. The van der Waals surface area contributed by atoms with Gasteiger partial charge in [0.2, 0.25) is 0 Å². The second-order valence-corrected chi connectivity index (χ2v) is 8.31. The van der Waals surface area contributed by atoms with Crippen molar-refractivity contribution in [3.8, 4) is 5.75 Å². The molecule has 4 nitrogen and oxygen atoms in total. The number of carbonyl (C=O) groups is 1. The quantitative estimate of drug-likeness (QED) is 0.497. The number of hydrogen-bond donors (Lipinski definition) is 0. The Hall–Kier alpha value is -2.79. The summed E-state index contributed by atoms with van der Waals surface area (Å²) in [7, 11) is 1.40. The van der Waals surface area contributed by atoms with Crippen LogP contribution in [0.3, 0.4) is 0 Å². The Bertz CT molecular complexity index is 1100. The van der Waals surface area contributed by atoms with Crippen molar-refractivity contribution in [3.05, 3.63) is 63.9 Å². The largest absolute Gasteiger partial charge is 0.477 e. The van der Waals surface area contributed by atoms with Gasteiger partial charge in [-0.1, -0.05) is 30.3 Å². The van der Waals surface area contributed by atoms with Gasteiger partial charge in [-0.3, -0.25) is 0 Å². The molecule has 2 heterocycles. The van der Waals surface area contributed by atoms with Crippen LogP contribution in [0.1, 0.15) is 40.9 Å². The van der Waals surface area contributed by atoms with Gasteiger partial charge in [-0.05, 0) is 44.4 Å². The first kappa shape index (κ1) is 19.5. The van der Waals surface area contributed by atoms with Gasteiger partial charge in [0, 0.05) is 35.8 Å². The second-order valence-electron chi connectivity index (χ2n) is 7.22. The minimum absolute atomic E-state index is 0.320. The van der Waals surface area contributed by atoms with E-state index in [9.17, 15) is 4.79 Å². The van der Waals surface area contributed by atoms with Crippen LogP contribution in [0.5, 0.6) is 5.75 Å². The van der Waals surface area contributed by atoms with Gasteiger partial charge < -0.3 is 14.4 Å². The van der Waals surface area contributed by atoms with E-state index in [2.05, 4.69) is 61.2 Å². The van der Waals surface area contributed by atoms with E-state index < -0.39 is 5.60 Å². The summed E-state index contributed by atoms with van der Waals surface area (Å²) in [5.74, 6) is 0.545. The summed E-state index contributed by atoms with van der Waals surface area (Å²) in [5, 5.41) is 2.42. The average Bonchev–Trinajstić information content (AvgIpc) is 3.25. The van der Waals surface area contributed by atoms with E-state index in [4.69, 9.17) is 9.47 Å². The Morgan fingerprint density at radius 1 is 1.14 bits per heavy atom. The summed E-state index contributed by atoms with van der Waals surface area (Å²) < 4.78 is 11.4. The zero-order valence-electron chi connectivity index (χ0n) is 17.2. The van der Waals surface area contributed by atoms with Crippen LogP contribution in [0.2, 0.25) is 0 Å². The summed E-state index contributed by atoms with van der Waals surface area (Å²) in [4.78, 5) is 15.8. The smallest absolute Gasteiger partial charge is 0.348 e. The van der Waals surface area contributed by atoms with Crippen molar-refractivity contribution in [3.63, 3.8) is 0 Å². The van der Waals surface area contributed by atoms with Gasteiger partial charge in [0.1, 0.15) is 10.6 Å². The molecule has 0 spiro atoms. The van der Waals surface area contributed by atoms with Crippen LogP contribution in [0.4, 0.5) is 5.69 Å². The first-order chi connectivity index (χ1) is 14.0. The highest BCUT2D eigenvalue weighted by Crippen LogP contribution is 2.45. The van der Waals surface area contributed by atoms with Gasteiger partial charge in [-0.15, -0.1) is 11.3 Å². The highest BCUT2D eigenvalue weighted by molar-refractivity contribution is 7.14. The number of esters is 1. The van der Waals surface area contributed by atoms with Crippen LogP contribution in [-0.4, -0.2) is 26.2 Å². The van der Waals surface area contributed by atoms with Gasteiger partial charge in [0.15, 0.2) is 5.60 Å². The fourth-order valence-corrected chi connectivity index (χ4v) is 4.88. The molecule has 1 aliphatic rings. The number of rotatable bonds is 5. The predicted octanol–water partition coefficient (Wildman–Crippen LogP) is 5.86. The van der Waals surface area contributed by atoms with Crippen LogP contribution in [0.25, 0.3) is 16.8 Å². The van der Waals surface area contributed by atoms with Gasteiger partial charge in [-0.25, -0.2) is 4.79 Å². The molecular formula is C24H25NO3S. The molecule has 4 rings (SSSR count). The lowest BCUT2D eigenvalue weighted by atomic mass is 9.94. The summed E-state index contributed by atoms with van der Waals surface area (Å²) in [6.45, 7) is 8.23. The topological polar surface area (TPSA) is 38.8 Å². The van der Waals surface area contributed by atoms with E-state index in [1.807, 2.05) is 13.0 Å². The van der Waals surface area contributed by atoms with Gasteiger partial charge >= 0.3 is 5.97 Å². The third kappa shape index (κ3) is 3.29. The lowest BCUT2D eigenvalue weighted by molar-refractivity contribution is 0.0606. The summed E-state index contributed by atoms with van der Waals surface area (Å²) in [5.41, 5.74) is 1.65. The van der Waals surface area contributed by atoms with Crippen molar-refractivity contribution in [2.45, 2.75) is 26.4 Å². The summed E-state index contributed by atoms with van der Waals surface area (Å²) >= 11 is 1.41. The highest BCUT2D eigenvalue weighted by atomic mass is 32.1. The van der Waals surface area contributed by atoms with Gasteiger partial charge in [0.25, 0.3) is 0 Å². The number of carbonyl (C=O) groups excluding carboxylic acids is 1. The monoisotopic (exact) mass is 407 g/mol. The lowest BCUT2D eigenvalue weighted by Crippen LogP contribution is -2.29. The molecule has 1 aliphatic heterocycles. The second kappa shape index (κ2) is 7.56. The average molecular weight is 408 g/mol. The molecule has 0 amide bonds. The van der Waals surface area contributed by atoms with E-state index in [-0.39, 0.29) is 5.97 Å². The van der Waals surface area contributed by atoms with Crippen LogP contribution in [0, 0.1) is 0 Å². The molecule has 3 aromatic rings. The van der Waals surface area contributed by atoms with Crippen LogP contribution in [-0.2, 0) is 10.3 Å². The Morgan fingerprint density at radius 3 is 2.55 bits per heavy atom. The molecule has 0 bridgehead atoms. The molecule has 0 fully saturated rings. The predicted molar refractivity (Wildman–Crippen MR) is 120 cm³/mol. The van der Waals surface area contributed by atoms with Crippen molar-refractivity contribution in [1.29, 1.82) is 0 Å². The zero-order valence-corrected chi connectivity index (χ0v) is 18.0. The molecule has 0 radical (unpaired) electrons. The fraction of sp³-hybridized carbons (Fsp3) is 0.292. The number of benzene rings is 2. The van der Waals surface area contributed by atoms with Crippen molar-refractivity contribution in [2.24, 2.45) is 0 Å². The van der Waals surface area contributed by atoms with E-state index >= 15 is 0 Å². The molecule has 150 valence electrons. The van der Waals surface area contributed by atoms with Crippen molar-refractivity contribution in [1.82, 2.24) is 0 Å². The molecule has 5 heteroatoms. The van der Waals surface area contributed by atoms with E-state index in [0.717, 1.165) is 29.3 Å². The maximum Gasteiger partial charge on any atom is 0.348 e. The van der Waals surface area contributed by atoms with E-state index in [1.165, 1.54) is 34.9 Å². The molecule has 0 saturated carbocycles. The van der Waals surface area contributed by atoms with Crippen LogP contribution >= 0.6 is 11.3 Å². The third-order valence-corrected chi connectivity index (χ3v) is 6.79. The molecule has 29 heavy (non-hydrogen) atoms. The van der Waals surface area contributed by atoms with Crippen molar-refractivity contribution in [2.75, 3.05) is 25.1 Å². The van der Waals surface area contributed by atoms with Crippen molar-refractivity contribution >= 4 is 39.8 Å². The zero-order chi connectivity index (χ0) is 20.6. The van der Waals surface area contributed by atoms with Gasteiger partial charge in [0.05, 0.1) is 12.0 Å². The minimum Gasteiger partial charge on any atom is -0.477 e. The van der Waals surface area contributed by atoms with Crippen molar-refractivity contribution < 1.29 is 14.3 Å². The standard InChI is InChI=1S/C24H25NO3S/c1-5-25(6-2)19-15-20-18(16-9-7-8-10-17(16)19)13-14-24(3,28-20)22-12-11-21(29-22)23(26)27-4/h7-15H,5-6H2,1-4H3. The van der Waals surface area contributed by atoms with E-state index in [0.29, 0.717) is 4.88 Å². The normalized spacial score (nSPS) is 17.7. The maximum atomic E-state index is 11.9. The number of methoxy groups -OCH3 is 1. The minimum atomic E-state index is -0.632. The molecular weight excluding hydrogens is 382 g/mol. The summed E-state index contributed by atoms with van der Waals surface area (Å²) in [6.07, 6.45) is 4.22. The molecule has 1 atom stereocenters. The number of thiophene rings is 1. The Balaban J connectivity index is 1.82. The highest BCUT2D eigenvalue weighted by Gasteiger charge is 2.33. The number of nitrogens with zero attached hydrogens (tertiary/aromatic N) is 1. The fourth-order valence-electron chi connectivity index (χ4n) is 3.89. The molecule has 1 aromatic heterocycles. The Morgan fingerprint density at radius 2 is 1.86 bits per heavy atom. The molecule has 2 aromatic carbocycles. The molecule has 1 unspecified atom stereocenters. The van der Waals surface area contributed by atoms with Gasteiger partial charge in [-0.2, -0.15) is 0 Å². The number of fused-ring (bicyclic) bond motifs is 3. The first-order valence-electron chi connectivity index (χ1n) is 9.88. The van der Waals surface area contributed by atoms with Crippen LogP contribution < -0.4 is 9.64 Å². The lowest BCUT2D eigenvalue weighted by Gasteiger charge is -2.33. The summed E-state index contributed by atoms with van der Waals surface area (Å²) in [6, 6.07) is 14.4. The number of ether oxygens (including phenoxy) is 2. The maximum absolute atomic E-state index is 11.9.